The van der Waals surface area contributed by atoms with Crippen LogP contribution in [0.1, 0.15) is 36.9 Å². The number of rotatable bonds is 9. The number of benzene rings is 3. The molecule has 1 N–H and O–H groups in total. The number of nitrogens with one attached hydrogen (secondary N) is 1. The Morgan fingerprint density at radius 2 is 1.57 bits per heavy atom. The molecule has 0 saturated carbocycles. The molecule has 1 amide bonds. The van der Waals surface area contributed by atoms with Gasteiger partial charge in [-0.2, -0.15) is 0 Å². The molecule has 3 aromatic carbocycles. The lowest BCUT2D eigenvalue weighted by Crippen LogP contribution is -2.42. The van der Waals surface area contributed by atoms with Crippen LogP contribution in [0.3, 0.4) is 0 Å². The van der Waals surface area contributed by atoms with E-state index in [1.165, 1.54) is 11.1 Å². The maximum Gasteiger partial charge on any atom is 0.409 e. The standard InChI is InChI=1S/C31H36N4O4.ClH/c1-23(34(20-24-8-4-3-5-9-24)21-25-12-14-27(38-2)15-13-25)22-39-31(37)33-18-16-26(17-19-33)35-29-11-7-6-10-28(29)32-30(35)36;/h3-15,23,26H,16-22H2,1-2H3,(H,32,36);1H. The summed E-state index contributed by atoms with van der Waals surface area (Å²) in [5.41, 5.74) is 4.03. The van der Waals surface area contributed by atoms with Gasteiger partial charge in [-0.1, -0.05) is 54.6 Å². The lowest BCUT2D eigenvalue weighted by Gasteiger charge is -2.33. The number of amides is 1. The predicted molar refractivity (Wildman–Crippen MR) is 159 cm³/mol. The lowest BCUT2D eigenvalue weighted by atomic mass is 10.0. The van der Waals surface area contributed by atoms with Gasteiger partial charge in [0.1, 0.15) is 12.4 Å². The summed E-state index contributed by atoms with van der Waals surface area (Å²) in [4.78, 5) is 32.6. The van der Waals surface area contributed by atoms with Crippen molar-refractivity contribution in [2.45, 2.75) is 44.9 Å². The first-order valence-corrected chi connectivity index (χ1v) is 13.5. The van der Waals surface area contributed by atoms with Crippen LogP contribution < -0.4 is 10.4 Å². The number of piperidine rings is 1. The van der Waals surface area contributed by atoms with Gasteiger partial charge in [0.2, 0.25) is 0 Å². The van der Waals surface area contributed by atoms with Gasteiger partial charge < -0.3 is 19.4 Å². The van der Waals surface area contributed by atoms with Crippen molar-refractivity contribution in [2.75, 3.05) is 26.8 Å². The maximum absolute atomic E-state index is 13.0. The van der Waals surface area contributed by atoms with Crippen LogP contribution >= 0.6 is 12.4 Å². The van der Waals surface area contributed by atoms with Crippen LogP contribution in [-0.4, -0.2) is 58.3 Å². The minimum atomic E-state index is -0.296. The van der Waals surface area contributed by atoms with E-state index in [0.29, 0.717) is 32.5 Å². The molecule has 212 valence electrons. The molecule has 0 spiro atoms. The zero-order chi connectivity index (χ0) is 27.2. The molecule has 40 heavy (non-hydrogen) atoms. The number of aromatic amines is 1. The number of likely N-dealkylation sites (tertiary alicyclic amines) is 1. The fourth-order valence-electron chi connectivity index (χ4n) is 5.28. The van der Waals surface area contributed by atoms with Crippen LogP contribution in [0.5, 0.6) is 5.75 Å². The molecule has 1 unspecified atom stereocenters. The maximum atomic E-state index is 13.0. The number of para-hydroxylation sites is 2. The van der Waals surface area contributed by atoms with E-state index >= 15 is 0 Å². The predicted octanol–water partition coefficient (Wildman–Crippen LogP) is 5.62. The smallest absolute Gasteiger partial charge is 0.409 e. The number of ether oxygens (including phenoxy) is 2. The van der Waals surface area contributed by atoms with Crippen LogP contribution in [0.15, 0.2) is 83.7 Å². The first kappa shape index (κ1) is 29.2. The van der Waals surface area contributed by atoms with Crippen molar-refractivity contribution in [3.05, 3.63) is 100 Å². The fraction of sp³-hybridized carbons (Fsp3) is 0.355. The molecule has 4 aromatic rings. The second kappa shape index (κ2) is 13.5. The molecule has 1 fully saturated rings. The number of methoxy groups -OCH3 is 1. The molecule has 1 saturated heterocycles. The number of hydrogen-bond donors (Lipinski definition) is 1. The first-order chi connectivity index (χ1) is 19.0. The number of carbonyl (C=O) groups is 1. The van der Waals surface area contributed by atoms with Gasteiger partial charge in [-0.25, -0.2) is 9.59 Å². The topological polar surface area (TPSA) is 79.8 Å². The second-order valence-corrected chi connectivity index (χ2v) is 10.2. The molecule has 0 aliphatic carbocycles. The first-order valence-electron chi connectivity index (χ1n) is 13.5. The number of aromatic nitrogens is 2. The van der Waals surface area contributed by atoms with Gasteiger partial charge in [-0.15, -0.1) is 12.4 Å². The van der Waals surface area contributed by atoms with E-state index in [4.69, 9.17) is 9.47 Å². The van der Waals surface area contributed by atoms with Crippen molar-refractivity contribution in [2.24, 2.45) is 0 Å². The summed E-state index contributed by atoms with van der Waals surface area (Å²) in [6.07, 6.45) is 1.13. The molecule has 1 aliphatic rings. The molecule has 9 heteroatoms. The minimum absolute atomic E-state index is 0. The molecule has 1 aromatic heterocycles. The summed E-state index contributed by atoms with van der Waals surface area (Å²) in [6.45, 7) is 4.98. The van der Waals surface area contributed by atoms with Gasteiger partial charge in [-0.05, 0) is 55.2 Å². The second-order valence-electron chi connectivity index (χ2n) is 10.2. The van der Waals surface area contributed by atoms with E-state index in [-0.39, 0.29) is 36.3 Å². The van der Waals surface area contributed by atoms with E-state index in [1.807, 2.05) is 59.2 Å². The van der Waals surface area contributed by atoms with Crippen molar-refractivity contribution in [1.29, 1.82) is 0 Å². The van der Waals surface area contributed by atoms with E-state index in [1.54, 1.807) is 12.0 Å². The Balaban J connectivity index is 0.00000370. The highest BCUT2D eigenvalue weighted by molar-refractivity contribution is 5.85. The number of fused-ring (bicyclic) bond motifs is 1. The molecule has 5 rings (SSSR count). The van der Waals surface area contributed by atoms with Gasteiger partial charge in [-0.3, -0.25) is 9.47 Å². The highest BCUT2D eigenvalue weighted by atomic mass is 35.5. The van der Waals surface area contributed by atoms with E-state index in [0.717, 1.165) is 29.9 Å². The SMILES string of the molecule is COc1ccc(CN(Cc2ccccc2)C(C)COC(=O)N2CCC(n3c(=O)[nH]c4ccccc43)CC2)cc1.Cl. The Morgan fingerprint density at radius 3 is 2.25 bits per heavy atom. The van der Waals surface area contributed by atoms with Crippen molar-refractivity contribution in [3.63, 3.8) is 0 Å². The number of H-pyrrole nitrogens is 1. The molecule has 1 atom stereocenters. The Labute approximate surface area is 240 Å². The number of carbonyl (C=O) groups excluding carboxylic acids is 1. The zero-order valence-electron chi connectivity index (χ0n) is 23.0. The Hall–Kier alpha value is -3.75. The Morgan fingerprint density at radius 1 is 0.950 bits per heavy atom. The highest BCUT2D eigenvalue weighted by Crippen LogP contribution is 2.25. The number of halogens is 1. The molecular weight excluding hydrogens is 528 g/mol. The number of nitrogens with zero attached hydrogens (tertiary/aromatic N) is 3. The molecular formula is C31H37ClN4O4. The monoisotopic (exact) mass is 564 g/mol. The third-order valence-electron chi connectivity index (χ3n) is 7.56. The molecule has 0 bridgehead atoms. The van der Waals surface area contributed by atoms with Gasteiger partial charge in [0.15, 0.2) is 0 Å². The Kier molecular flexibility index (Phi) is 9.90. The van der Waals surface area contributed by atoms with Crippen LogP contribution in [0.25, 0.3) is 11.0 Å². The molecule has 8 nitrogen and oxygen atoms in total. The highest BCUT2D eigenvalue weighted by Gasteiger charge is 2.27. The Bertz CT molecular complexity index is 1430. The van der Waals surface area contributed by atoms with Gasteiger partial charge in [0, 0.05) is 38.3 Å². The molecule has 0 radical (unpaired) electrons. The normalized spacial score (nSPS) is 14.6. The average molecular weight is 565 g/mol. The quantitative estimate of drug-likeness (QED) is 0.285. The van der Waals surface area contributed by atoms with E-state index in [2.05, 4.69) is 41.1 Å². The van der Waals surface area contributed by atoms with Gasteiger partial charge in [0.05, 0.1) is 18.1 Å². The van der Waals surface area contributed by atoms with Crippen LogP contribution in [0.2, 0.25) is 0 Å². The van der Waals surface area contributed by atoms with Crippen molar-refractivity contribution < 1.29 is 14.3 Å². The van der Waals surface area contributed by atoms with Crippen molar-refractivity contribution >= 4 is 29.5 Å². The third-order valence-corrected chi connectivity index (χ3v) is 7.56. The molecule has 1 aliphatic heterocycles. The zero-order valence-corrected chi connectivity index (χ0v) is 23.8. The summed E-state index contributed by atoms with van der Waals surface area (Å²) in [6, 6.07) is 26.2. The number of imidazole rings is 1. The summed E-state index contributed by atoms with van der Waals surface area (Å²) in [5, 5.41) is 0. The average Bonchev–Trinajstić information content (AvgIpc) is 3.32. The van der Waals surface area contributed by atoms with Gasteiger partial charge >= 0.3 is 11.8 Å². The summed E-state index contributed by atoms with van der Waals surface area (Å²) in [5.74, 6) is 0.827. The molecule has 2 heterocycles. The van der Waals surface area contributed by atoms with Crippen LogP contribution in [0.4, 0.5) is 4.79 Å². The van der Waals surface area contributed by atoms with Crippen molar-refractivity contribution in [1.82, 2.24) is 19.4 Å². The largest absolute Gasteiger partial charge is 0.497 e. The van der Waals surface area contributed by atoms with E-state index in [9.17, 15) is 9.59 Å². The minimum Gasteiger partial charge on any atom is -0.497 e. The summed E-state index contributed by atoms with van der Waals surface area (Å²) in [7, 11) is 1.66. The van der Waals surface area contributed by atoms with Crippen LogP contribution in [0, 0.1) is 0 Å². The summed E-state index contributed by atoms with van der Waals surface area (Å²) >= 11 is 0. The van der Waals surface area contributed by atoms with Gasteiger partial charge in [0.25, 0.3) is 0 Å². The summed E-state index contributed by atoms with van der Waals surface area (Å²) < 4.78 is 12.9. The van der Waals surface area contributed by atoms with Crippen molar-refractivity contribution in [3.8, 4) is 5.75 Å². The van der Waals surface area contributed by atoms with Crippen LogP contribution in [-0.2, 0) is 17.8 Å². The lowest BCUT2D eigenvalue weighted by molar-refractivity contribution is 0.0567. The fourth-order valence-corrected chi connectivity index (χ4v) is 5.28. The number of hydrogen-bond acceptors (Lipinski definition) is 5. The third kappa shape index (κ3) is 6.87. The van der Waals surface area contributed by atoms with E-state index < -0.39 is 0 Å².